The van der Waals surface area contributed by atoms with E-state index in [9.17, 15) is 4.79 Å². The van der Waals surface area contributed by atoms with Gasteiger partial charge in [0.25, 0.3) is 5.91 Å². The van der Waals surface area contributed by atoms with Crippen molar-refractivity contribution in [1.29, 1.82) is 0 Å². The highest BCUT2D eigenvalue weighted by Crippen LogP contribution is 2.19. The highest BCUT2D eigenvalue weighted by Gasteiger charge is 2.06. The first-order valence-electron chi connectivity index (χ1n) is 8.17. The quantitative estimate of drug-likeness (QED) is 0.570. The third kappa shape index (κ3) is 3.96. The number of benzene rings is 1. The Bertz CT molecular complexity index is 1030. The standard InChI is InChI=1S/C19H15N7O/c27-19(14-2-1-7-20-11-14)25-16-5-3-15(4-6-16)24-17-10-18(23-12-22-17)26-9-8-21-13-26/h1-13H,(H,25,27)(H,22,23,24). The highest BCUT2D eigenvalue weighted by atomic mass is 16.1. The zero-order chi connectivity index (χ0) is 18.5. The van der Waals surface area contributed by atoms with Crippen LogP contribution in [0.2, 0.25) is 0 Å². The number of nitrogens with one attached hydrogen (secondary N) is 2. The van der Waals surface area contributed by atoms with Crippen LogP contribution in [-0.4, -0.2) is 30.4 Å². The van der Waals surface area contributed by atoms with Crippen LogP contribution in [0.5, 0.6) is 0 Å². The van der Waals surface area contributed by atoms with E-state index in [1.807, 2.05) is 36.5 Å². The van der Waals surface area contributed by atoms with E-state index in [0.717, 1.165) is 5.69 Å². The largest absolute Gasteiger partial charge is 0.340 e. The van der Waals surface area contributed by atoms with Crippen LogP contribution in [-0.2, 0) is 0 Å². The van der Waals surface area contributed by atoms with E-state index in [0.29, 0.717) is 22.9 Å². The van der Waals surface area contributed by atoms with Crippen LogP contribution in [0.4, 0.5) is 17.2 Å². The van der Waals surface area contributed by atoms with Crippen molar-refractivity contribution >= 4 is 23.1 Å². The number of nitrogens with zero attached hydrogens (tertiary/aromatic N) is 5. The van der Waals surface area contributed by atoms with Gasteiger partial charge in [0.05, 0.1) is 5.56 Å². The fourth-order valence-corrected chi connectivity index (χ4v) is 2.44. The predicted molar refractivity (Wildman–Crippen MR) is 101 cm³/mol. The SMILES string of the molecule is O=C(Nc1ccc(Nc2cc(-n3ccnc3)ncn2)cc1)c1cccnc1. The van der Waals surface area contributed by atoms with E-state index in [-0.39, 0.29) is 5.91 Å². The fraction of sp³-hybridized carbons (Fsp3) is 0. The Kier molecular flexibility index (Phi) is 4.52. The molecule has 0 unspecified atom stereocenters. The van der Waals surface area contributed by atoms with Crippen molar-refractivity contribution < 1.29 is 4.79 Å². The highest BCUT2D eigenvalue weighted by molar-refractivity contribution is 6.04. The van der Waals surface area contributed by atoms with Crippen LogP contribution >= 0.6 is 0 Å². The van der Waals surface area contributed by atoms with Gasteiger partial charge in [-0.25, -0.2) is 15.0 Å². The first-order valence-corrected chi connectivity index (χ1v) is 8.17. The number of carbonyl (C=O) groups is 1. The number of carbonyl (C=O) groups excluding carboxylic acids is 1. The van der Waals surface area contributed by atoms with Gasteiger partial charge in [-0.3, -0.25) is 14.3 Å². The van der Waals surface area contributed by atoms with Crippen molar-refractivity contribution in [2.75, 3.05) is 10.6 Å². The molecule has 0 saturated heterocycles. The van der Waals surface area contributed by atoms with Crippen molar-refractivity contribution in [3.8, 4) is 5.82 Å². The zero-order valence-electron chi connectivity index (χ0n) is 14.1. The van der Waals surface area contributed by atoms with Gasteiger partial charge in [-0.05, 0) is 36.4 Å². The first kappa shape index (κ1) is 16.4. The molecule has 0 aliphatic heterocycles. The summed E-state index contributed by atoms with van der Waals surface area (Å²) in [6.07, 6.45) is 9.81. The molecular weight excluding hydrogens is 342 g/mol. The first-order chi connectivity index (χ1) is 13.3. The Morgan fingerprint density at radius 2 is 1.81 bits per heavy atom. The predicted octanol–water partition coefficient (Wildman–Crippen LogP) is 3.05. The number of aromatic nitrogens is 5. The maximum atomic E-state index is 12.1. The lowest BCUT2D eigenvalue weighted by atomic mass is 10.2. The summed E-state index contributed by atoms with van der Waals surface area (Å²) in [6, 6.07) is 12.6. The molecule has 3 aromatic heterocycles. The van der Waals surface area contributed by atoms with Gasteiger partial charge in [-0.2, -0.15) is 0 Å². The maximum Gasteiger partial charge on any atom is 0.257 e. The van der Waals surface area contributed by atoms with Gasteiger partial charge in [-0.15, -0.1) is 0 Å². The van der Waals surface area contributed by atoms with Gasteiger partial charge >= 0.3 is 0 Å². The summed E-state index contributed by atoms with van der Waals surface area (Å²) >= 11 is 0. The Morgan fingerprint density at radius 3 is 2.56 bits per heavy atom. The molecule has 0 radical (unpaired) electrons. The molecule has 2 N–H and O–H groups in total. The second kappa shape index (κ2) is 7.44. The molecule has 0 atom stereocenters. The van der Waals surface area contributed by atoms with Gasteiger partial charge in [0.2, 0.25) is 0 Å². The molecule has 132 valence electrons. The lowest BCUT2D eigenvalue weighted by Gasteiger charge is -2.09. The Labute approximate surface area is 155 Å². The molecule has 1 amide bonds. The smallest absolute Gasteiger partial charge is 0.257 e. The molecule has 0 aliphatic rings. The monoisotopic (exact) mass is 357 g/mol. The Morgan fingerprint density at radius 1 is 0.963 bits per heavy atom. The van der Waals surface area contributed by atoms with E-state index in [1.165, 1.54) is 12.5 Å². The summed E-state index contributed by atoms with van der Waals surface area (Å²) in [5.41, 5.74) is 2.04. The summed E-state index contributed by atoms with van der Waals surface area (Å²) < 4.78 is 1.80. The van der Waals surface area contributed by atoms with Crippen LogP contribution in [0.3, 0.4) is 0 Å². The van der Waals surface area contributed by atoms with Crippen LogP contribution in [0, 0.1) is 0 Å². The van der Waals surface area contributed by atoms with Crippen molar-refractivity contribution in [1.82, 2.24) is 24.5 Å². The molecule has 4 rings (SSSR count). The molecular formula is C19H15N7O. The molecule has 0 aliphatic carbocycles. The summed E-state index contributed by atoms with van der Waals surface area (Å²) in [5, 5.41) is 6.05. The minimum absolute atomic E-state index is 0.204. The summed E-state index contributed by atoms with van der Waals surface area (Å²) in [6.45, 7) is 0. The van der Waals surface area contributed by atoms with Crippen LogP contribution in [0.25, 0.3) is 5.82 Å². The van der Waals surface area contributed by atoms with Crippen molar-refractivity contribution in [3.05, 3.63) is 85.5 Å². The maximum absolute atomic E-state index is 12.1. The van der Waals surface area contributed by atoms with Crippen molar-refractivity contribution in [3.63, 3.8) is 0 Å². The lowest BCUT2D eigenvalue weighted by Crippen LogP contribution is -2.11. The summed E-state index contributed by atoms with van der Waals surface area (Å²) in [7, 11) is 0. The fourth-order valence-electron chi connectivity index (χ4n) is 2.44. The van der Waals surface area contributed by atoms with Gasteiger partial charge in [0, 0.05) is 42.2 Å². The number of anilines is 3. The summed E-state index contributed by atoms with van der Waals surface area (Å²) in [4.78, 5) is 28.5. The van der Waals surface area contributed by atoms with E-state index in [1.54, 1.807) is 35.4 Å². The normalized spacial score (nSPS) is 10.4. The van der Waals surface area contributed by atoms with E-state index in [4.69, 9.17) is 0 Å². The molecule has 8 nitrogen and oxygen atoms in total. The number of hydrogen-bond acceptors (Lipinski definition) is 6. The second-order valence-electron chi connectivity index (χ2n) is 5.63. The molecule has 4 aromatic rings. The molecule has 8 heteroatoms. The average Bonchev–Trinajstić information content (AvgIpc) is 3.25. The second-order valence-corrected chi connectivity index (χ2v) is 5.63. The van der Waals surface area contributed by atoms with Crippen molar-refractivity contribution in [2.45, 2.75) is 0 Å². The van der Waals surface area contributed by atoms with Gasteiger partial charge < -0.3 is 10.6 Å². The molecule has 0 bridgehead atoms. The van der Waals surface area contributed by atoms with Crippen LogP contribution in [0.15, 0.2) is 79.9 Å². The van der Waals surface area contributed by atoms with Gasteiger partial charge in [0.1, 0.15) is 24.3 Å². The molecule has 1 aromatic carbocycles. The van der Waals surface area contributed by atoms with Crippen molar-refractivity contribution in [2.24, 2.45) is 0 Å². The van der Waals surface area contributed by atoms with Crippen LogP contribution < -0.4 is 10.6 Å². The molecule has 27 heavy (non-hydrogen) atoms. The number of rotatable bonds is 5. The van der Waals surface area contributed by atoms with Crippen LogP contribution in [0.1, 0.15) is 10.4 Å². The lowest BCUT2D eigenvalue weighted by molar-refractivity contribution is 0.102. The van der Waals surface area contributed by atoms with E-state index >= 15 is 0 Å². The number of pyridine rings is 1. The third-order valence-corrected chi connectivity index (χ3v) is 3.76. The Hall–Kier alpha value is -4.07. The average molecular weight is 357 g/mol. The van der Waals surface area contributed by atoms with E-state index in [2.05, 4.69) is 30.6 Å². The molecule has 0 saturated carbocycles. The van der Waals surface area contributed by atoms with E-state index < -0.39 is 0 Å². The number of imidazole rings is 1. The molecule has 0 fully saturated rings. The zero-order valence-corrected chi connectivity index (χ0v) is 14.1. The number of hydrogen-bond donors (Lipinski definition) is 2. The van der Waals surface area contributed by atoms with Gasteiger partial charge in [-0.1, -0.05) is 0 Å². The Balaban J connectivity index is 1.44. The minimum Gasteiger partial charge on any atom is -0.340 e. The molecule has 0 spiro atoms. The third-order valence-electron chi connectivity index (χ3n) is 3.76. The number of amides is 1. The van der Waals surface area contributed by atoms with Gasteiger partial charge in [0.15, 0.2) is 0 Å². The topological polar surface area (TPSA) is 97.6 Å². The summed E-state index contributed by atoms with van der Waals surface area (Å²) in [5.74, 6) is 1.16. The molecule has 3 heterocycles. The minimum atomic E-state index is -0.204.